The Morgan fingerprint density at radius 3 is 2.89 bits per heavy atom. The monoisotopic (exact) mass is 239 g/mol. The summed E-state index contributed by atoms with van der Waals surface area (Å²) in [5.41, 5.74) is 9.58. The Hall–Kier alpha value is -1.90. The molecule has 3 nitrogen and oxygen atoms in total. The van der Waals surface area contributed by atoms with Crippen molar-refractivity contribution in [2.75, 3.05) is 5.73 Å². The van der Waals surface area contributed by atoms with Crippen molar-refractivity contribution in [2.45, 2.75) is 32.1 Å². The zero-order chi connectivity index (χ0) is 12.5. The molecule has 1 aliphatic rings. The van der Waals surface area contributed by atoms with Gasteiger partial charge in [-0.25, -0.2) is 9.97 Å². The molecular weight excluding hydrogens is 222 g/mol. The highest BCUT2D eigenvalue weighted by molar-refractivity contribution is 5.38. The van der Waals surface area contributed by atoms with Crippen LogP contribution in [0.15, 0.2) is 30.3 Å². The van der Waals surface area contributed by atoms with Gasteiger partial charge in [-0.05, 0) is 37.3 Å². The van der Waals surface area contributed by atoms with Gasteiger partial charge in [0, 0.05) is 17.7 Å². The second-order valence-electron chi connectivity index (χ2n) is 4.94. The molecule has 2 aromatic rings. The molecule has 1 unspecified atom stereocenters. The first kappa shape index (κ1) is 11.2. The maximum absolute atomic E-state index is 5.83. The highest BCUT2D eigenvalue weighted by Gasteiger charge is 2.23. The first-order valence-electron chi connectivity index (χ1n) is 6.43. The summed E-state index contributed by atoms with van der Waals surface area (Å²) in [6, 6.07) is 10.4. The summed E-state index contributed by atoms with van der Waals surface area (Å²) in [4.78, 5) is 8.99. The zero-order valence-corrected chi connectivity index (χ0v) is 10.6. The van der Waals surface area contributed by atoms with Crippen molar-refractivity contribution in [3.8, 4) is 0 Å². The summed E-state index contributed by atoms with van der Waals surface area (Å²) < 4.78 is 0. The molecule has 0 fully saturated rings. The Morgan fingerprint density at radius 2 is 2.06 bits per heavy atom. The predicted molar refractivity (Wildman–Crippen MR) is 72.4 cm³/mol. The number of benzene rings is 1. The smallest absolute Gasteiger partial charge is 0.138 e. The van der Waals surface area contributed by atoms with Crippen LogP contribution in [0.3, 0.4) is 0 Å². The number of aryl methyl sites for hydroxylation is 2. The van der Waals surface area contributed by atoms with E-state index >= 15 is 0 Å². The molecule has 0 spiro atoms. The van der Waals surface area contributed by atoms with Crippen LogP contribution in [0.1, 0.15) is 41.4 Å². The predicted octanol–water partition coefficient (Wildman–Crippen LogP) is 2.84. The topological polar surface area (TPSA) is 51.8 Å². The molecule has 1 aromatic carbocycles. The fraction of sp³-hybridized carbons (Fsp3) is 0.333. The van der Waals surface area contributed by atoms with Gasteiger partial charge in [-0.1, -0.05) is 24.3 Å². The summed E-state index contributed by atoms with van der Waals surface area (Å²) in [6.07, 6.45) is 3.47. The lowest BCUT2D eigenvalue weighted by atomic mass is 9.82. The fourth-order valence-corrected chi connectivity index (χ4v) is 2.79. The number of aromatic nitrogens is 2. The van der Waals surface area contributed by atoms with Crippen molar-refractivity contribution in [1.29, 1.82) is 0 Å². The second-order valence-corrected chi connectivity index (χ2v) is 4.94. The van der Waals surface area contributed by atoms with Gasteiger partial charge in [0.05, 0.1) is 0 Å². The van der Waals surface area contributed by atoms with E-state index in [0.717, 1.165) is 24.4 Å². The summed E-state index contributed by atoms with van der Waals surface area (Å²) in [5, 5.41) is 0. The van der Waals surface area contributed by atoms with Gasteiger partial charge in [-0.3, -0.25) is 0 Å². The Balaban J connectivity index is 2.08. The van der Waals surface area contributed by atoms with E-state index in [2.05, 4.69) is 34.2 Å². The van der Waals surface area contributed by atoms with E-state index in [4.69, 9.17) is 5.73 Å². The van der Waals surface area contributed by atoms with Crippen LogP contribution in [-0.2, 0) is 6.42 Å². The highest BCUT2D eigenvalue weighted by Crippen LogP contribution is 2.35. The number of rotatable bonds is 1. The van der Waals surface area contributed by atoms with Crippen LogP contribution >= 0.6 is 0 Å². The molecule has 18 heavy (non-hydrogen) atoms. The molecule has 0 saturated carbocycles. The van der Waals surface area contributed by atoms with Gasteiger partial charge in [0.2, 0.25) is 0 Å². The molecule has 3 heteroatoms. The number of fused-ring (bicyclic) bond motifs is 1. The molecule has 1 atom stereocenters. The third kappa shape index (κ3) is 1.96. The van der Waals surface area contributed by atoms with E-state index in [0.29, 0.717) is 11.7 Å². The largest absolute Gasteiger partial charge is 0.384 e. The Kier molecular flexibility index (Phi) is 2.74. The number of nitrogens with zero attached hydrogens (tertiary/aromatic N) is 2. The van der Waals surface area contributed by atoms with Crippen molar-refractivity contribution in [3.63, 3.8) is 0 Å². The van der Waals surface area contributed by atoms with Crippen LogP contribution in [0, 0.1) is 6.92 Å². The summed E-state index contributed by atoms with van der Waals surface area (Å²) in [5.74, 6) is 1.75. The maximum atomic E-state index is 5.83. The minimum absolute atomic E-state index is 0.303. The van der Waals surface area contributed by atoms with Crippen molar-refractivity contribution >= 4 is 5.82 Å². The minimum Gasteiger partial charge on any atom is -0.384 e. The standard InChI is InChI=1S/C15H17N3/c1-10-9-14(16)18-15(17-10)13-8-4-6-11-5-2-3-7-12(11)13/h2-3,5,7,9,13H,4,6,8H2,1H3,(H2,16,17,18). The van der Waals surface area contributed by atoms with Gasteiger partial charge < -0.3 is 5.73 Å². The van der Waals surface area contributed by atoms with Crippen molar-refractivity contribution in [2.24, 2.45) is 0 Å². The van der Waals surface area contributed by atoms with Gasteiger partial charge in [0.25, 0.3) is 0 Å². The molecule has 0 amide bonds. The first-order valence-corrected chi connectivity index (χ1v) is 6.43. The van der Waals surface area contributed by atoms with E-state index in [1.165, 1.54) is 17.5 Å². The van der Waals surface area contributed by atoms with E-state index < -0.39 is 0 Å². The highest BCUT2D eigenvalue weighted by atomic mass is 14.9. The lowest BCUT2D eigenvalue weighted by Gasteiger charge is -2.24. The van der Waals surface area contributed by atoms with Gasteiger partial charge in [-0.2, -0.15) is 0 Å². The van der Waals surface area contributed by atoms with Crippen molar-refractivity contribution < 1.29 is 0 Å². The van der Waals surface area contributed by atoms with Crippen molar-refractivity contribution in [3.05, 3.63) is 53.0 Å². The van der Waals surface area contributed by atoms with Crippen molar-refractivity contribution in [1.82, 2.24) is 9.97 Å². The SMILES string of the molecule is Cc1cc(N)nc(C2CCCc3ccccc32)n1. The molecule has 0 aliphatic heterocycles. The second kappa shape index (κ2) is 4.41. The Labute approximate surface area is 107 Å². The van der Waals surface area contributed by atoms with Crippen LogP contribution in [-0.4, -0.2) is 9.97 Å². The molecular formula is C15H17N3. The number of hydrogen-bond donors (Lipinski definition) is 1. The van der Waals surface area contributed by atoms with Gasteiger partial charge in [0.1, 0.15) is 11.6 Å². The number of nitrogens with two attached hydrogens (primary N) is 1. The van der Waals surface area contributed by atoms with Gasteiger partial charge in [0.15, 0.2) is 0 Å². The lowest BCUT2D eigenvalue weighted by Crippen LogP contribution is -2.14. The van der Waals surface area contributed by atoms with Crippen LogP contribution in [0.25, 0.3) is 0 Å². The van der Waals surface area contributed by atoms with E-state index in [1.54, 1.807) is 0 Å². The number of anilines is 1. The van der Waals surface area contributed by atoms with Gasteiger partial charge >= 0.3 is 0 Å². The quantitative estimate of drug-likeness (QED) is 0.832. The first-order chi connectivity index (χ1) is 8.74. The van der Waals surface area contributed by atoms with Crippen LogP contribution < -0.4 is 5.73 Å². The summed E-state index contributed by atoms with van der Waals surface area (Å²) in [6.45, 7) is 1.97. The summed E-state index contributed by atoms with van der Waals surface area (Å²) in [7, 11) is 0. The average Bonchev–Trinajstić information content (AvgIpc) is 2.37. The number of nitrogen functional groups attached to an aromatic ring is 1. The molecule has 2 N–H and O–H groups in total. The lowest BCUT2D eigenvalue weighted by molar-refractivity contribution is 0.589. The summed E-state index contributed by atoms with van der Waals surface area (Å²) >= 11 is 0. The Morgan fingerprint density at radius 1 is 1.22 bits per heavy atom. The normalized spacial score (nSPS) is 18.4. The molecule has 92 valence electrons. The Bertz CT molecular complexity index is 557. The van der Waals surface area contributed by atoms with E-state index in [-0.39, 0.29) is 0 Å². The average molecular weight is 239 g/mol. The molecule has 1 aromatic heterocycles. The van der Waals surface area contributed by atoms with E-state index in [1.807, 2.05) is 13.0 Å². The third-order valence-corrected chi connectivity index (χ3v) is 3.57. The number of hydrogen-bond acceptors (Lipinski definition) is 3. The zero-order valence-electron chi connectivity index (χ0n) is 10.6. The third-order valence-electron chi connectivity index (χ3n) is 3.57. The molecule has 3 rings (SSSR count). The molecule has 1 aliphatic carbocycles. The minimum atomic E-state index is 0.303. The van der Waals surface area contributed by atoms with Gasteiger partial charge in [-0.15, -0.1) is 0 Å². The van der Waals surface area contributed by atoms with Crippen LogP contribution in [0.5, 0.6) is 0 Å². The van der Waals surface area contributed by atoms with Crippen LogP contribution in [0.4, 0.5) is 5.82 Å². The maximum Gasteiger partial charge on any atom is 0.138 e. The fourth-order valence-electron chi connectivity index (χ4n) is 2.79. The molecule has 0 saturated heterocycles. The molecule has 1 heterocycles. The van der Waals surface area contributed by atoms with Crippen LogP contribution in [0.2, 0.25) is 0 Å². The molecule has 0 bridgehead atoms. The molecule has 0 radical (unpaired) electrons. The van der Waals surface area contributed by atoms with E-state index in [9.17, 15) is 0 Å².